The fourth-order valence-electron chi connectivity index (χ4n) is 2.18. The third-order valence-electron chi connectivity index (χ3n) is 3.35. The molecule has 21 heavy (non-hydrogen) atoms. The smallest absolute Gasteiger partial charge is 0.257 e. The van der Waals surface area contributed by atoms with Crippen molar-refractivity contribution in [1.82, 2.24) is 24.7 Å². The van der Waals surface area contributed by atoms with E-state index >= 15 is 0 Å². The van der Waals surface area contributed by atoms with Crippen LogP contribution >= 0.6 is 0 Å². The molecule has 0 bridgehead atoms. The van der Waals surface area contributed by atoms with Gasteiger partial charge in [0.05, 0.1) is 0 Å². The van der Waals surface area contributed by atoms with Crippen LogP contribution in [0.4, 0.5) is 11.9 Å². The second-order valence-electron chi connectivity index (χ2n) is 4.81. The number of hydrazine groups is 1. The van der Waals surface area contributed by atoms with E-state index in [-0.39, 0.29) is 0 Å². The Morgan fingerprint density at radius 3 is 2.76 bits per heavy atom. The number of aromatic nitrogens is 5. The zero-order chi connectivity index (χ0) is 14.5. The second-order valence-corrected chi connectivity index (χ2v) is 4.81. The lowest BCUT2D eigenvalue weighted by molar-refractivity contribution is 0.0699. The fraction of sp³-hybridized carbons (Fsp3) is 0.500. The van der Waals surface area contributed by atoms with Crippen LogP contribution < -0.4 is 16.6 Å². The third-order valence-corrected chi connectivity index (χ3v) is 3.35. The van der Waals surface area contributed by atoms with Gasteiger partial charge in [-0.2, -0.15) is 20.1 Å². The first kappa shape index (κ1) is 13.7. The van der Waals surface area contributed by atoms with Gasteiger partial charge < -0.3 is 10.1 Å². The molecular weight excluding hydrogens is 272 g/mol. The number of rotatable bonds is 5. The van der Waals surface area contributed by atoms with E-state index in [1.54, 1.807) is 23.1 Å². The monoisotopic (exact) mass is 290 g/mol. The van der Waals surface area contributed by atoms with Gasteiger partial charge in [-0.1, -0.05) is 0 Å². The largest absolute Gasteiger partial charge is 0.381 e. The van der Waals surface area contributed by atoms with Crippen molar-refractivity contribution in [2.24, 2.45) is 11.8 Å². The molecule has 0 radical (unpaired) electrons. The molecule has 4 N–H and O–H groups in total. The van der Waals surface area contributed by atoms with Crippen LogP contribution in [0.5, 0.6) is 0 Å². The molecule has 9 nitrogen and oxygen atoms in total. The van der Waals surface area contributed by atoms with Crippen LogP contribution in [0.2, 0.25) is 0 Å². The van der Waals surface area contributed by atoms with Crippen LogP contribution in [0.25, 0.3) is 5.95 Å². The number of hydrogen-bond acceptors (Lipinski definition) is 8. The van der Waals surface area contributed by atoms with E-state index in [1.807, 2.05) is 0 Å². The van der Waals surface area contributed by atoms with Crippen molar-refractivity contribution in [2.45, 2.75) is 12.8 Å². The van der Waals surface area contributed by atoms with Crippen molar-refractivity contribution in [3.8, 4) is 5.95 Å². The van der Waals surface area contributed by atoms with E-state index in [1.165, 1.54) is 0 Å². The lowest BCUT2D eigenvalue weighted by atomic mass is 10.0. The number of nitrogens with zero attached hydrogens (tertiary/aromatic N) is 5. The van der Waals surface area contributed by atoms with Gasteiger partial charge in [-0.25, -0.2) is 10.5 Å². The molecule has 2 aromatic rings. The molecule has 2 aromatic heterocycles. The van der Waals surface area contributed by atoms with E-state index in [4.69, 9.17) is 10.6 Å². The first-order valence-electron chi connectivity index (χ1n) is 6.89. The Morgan fingerprint density at radius 2 is 2.05 bits per heavy atom. The summed E-state index contributed by atoms with van der Waals surface area (Å²) < 4.78 is 6.91. The van der Waals surface area contributed by atoms with Crippen molar-refractivity contribution in [3.05, 3.63) is 18.5 Å². The molecule has 0 atom stereocenters. The highest BCUT2D eigenvalue weighted by Crippen LogP contribution is 2.15. The minimum absolute atomic E-state index is 0.296. The SMILES string of the molecule is NNc1nc(NCC2CCOCC2)nc(-n2cccn2)n1. The predicted octanol–water partition coefficient (Wildman–Crippen LogP) is 0.181. The van der Waals surface area contributed by atoms with Crippen LogP contribution in [-0.2, 0) is 4.74 Å². The maximum absolute atomic E-state index is 5.40. The van der Waals surface area contributed by atoms with Gasteiger partial charge >= 0.3 is 0 Å². The standard InChI is InChI=1S/C12H18N8O/c13-19-11-16-10(14-8-9-2-6-21-7-3-9)17-12(18-11)20-5-1-4-15-20/h1,4-5,9H,2-3,6-8,13H2,(H2,14,16,17,18,19). The molecule has 0 saturated carbocycles. The molecule has 1 saturated heterocycles. The summed E-state index contributed by atoms with van der Waals surface area (Å²) in [6.07, 6.45) is 5.52. The van der Waals surface area contributed by atoms with Crippen LogP contribution in [0.15, 0.2) is 18.5 Å². The van der Waals surface area contributed by atoms with Gasteiger partial charge in [0.1, 0.15) is 0 Å². The third kappa shape index (κ3) is 3.44. The lowest BCUT2D eigenvalue weighted by Gasteiger charge is -2.22. The Hall–Kier alpha value is -2.26. The molecule has 3 rings (SSSR count). The van der Waals surface area contributed by atoms with Gasteiger partial charge in [0.25, 0.3) is 5.95 Å². The first-order chi connectivity index (χ1) is 10.3. The fourth-order valence-corrected chi connectivity index (χ4v) is 2.18. The molecular formula is C12H18N8O. The van der Waals surface area contributed by atoms with Gasteiger partial charge in [0, 0.05) is 32.2 Å². The highest BCUT2D eigenvalue weighted by atomic mass is 16.5. The Bertz CT molecular complexity index is 567. The average molecular weight is 290 g/mol. The zero-order valence-electron chi connectivity index (χ0n) is 11.6. The molecule has 0 amide bonds. The normalized spacial score (nSPS) is 15.9. The van der Waals surface area contributed by atoms with Gasteiger partial charge in [0.2, 0.25) is 11.9 Å². The van der Waals surface area contributed by atoms with E-state index in [0.717, 1.165) is 32.6 Å². The highest BCUT2D eigenvalue weighted by molar-refractivity contribution is 5.36. The summed E-state index contributed by atoms with van der Waals surface area (Å²) in [5.74, 6) is 7.16. The number of nitrogen functional groups attached to an aromatic ring is 1. The van der Waals surface area contributed by atoms with Crippen LogP contribution in [0.1, 0.15) is 12.8 Å². The molecule has 1 aliphatic rings. The molecule has 0 aromatic carbocycles. The molecule has 1 fully saturated rings. The maximum atomic E-state index is 5.40. The topological polar surface area (TPSA) is 116 Å². The van der Waals surface area contributed by atoms with E-state index in [9.17, 15) is 0 Å². The van der Waals surface area contributed by atoms with E-state index in [2.05, 4.69) is 30.8 Å². The van der Waals surface area contributed by atoms with Crippen LogP contribution in [-0.4, -0.2) is 44.5 Å². The molecule has 112 valence electrons. The van der Waals surface area contributed by atoms with E-state index in [0.29, 0.717) is 23.8 Å². The number of ether oxygens (including phenoxy) is 1. The zero-order valence-corrected chi connectivity index (χ0v) is 11.6. The summed E-state index contributed by atoms with van der Waals surface area (Å²) >= 11 is 0. The number of nitrogens with two attached hydrogens (primary N) is 1. The summed E-state index contributed by atoms with van der Waals surface area (Å²) in [5, 5.41) is 7.34. The predicted molar refractivity (Wildman–Crippen MR) is 76.8 cm³/mol. The minimum atomic E-state index is 0.296. The summed E-state index contributed by atoms with van der Waals surface area (Å²) in [5.41, 5.74) is 2.44. The van der Waals surface area contributed by atoms with Crippen molar-refractivity contribution >= 4 is 11.9 Å². The number of anilines is 2. The minimum Gasteiger partial charge on any atom is -0.381 e. The van der Waals surface area contributed by atoms with Gasteiger partial charge in [0.15, 0.2) is 0 Å². The quantitative estimate of drug-likeness (QED) is 0.527. The van der Waals surface area contributed by atoms with Crippen molar-refractivity contribution in [2.75, 3.05) is 30.5 Å². The first-order valence-corrected chi connectivity index (χ1v) is 6.89. The van der Waals surface area contributed by atoms with E-state index < -0.39 is 0 Å². The Morgan fingerprint density at radius 1 is 1.24 bits per heavy atom. The molecule has 0 aliphatic carbocycles. The van der Waals surface area contributed by atoms with Crippen molar-refractivity contribution in [1.29, 1.82) is 0 Å². The second kappa shape index (κ2) is 6.46. The maximum Gasteiger partial charge on any atom is 0.257 e. The summed E-state index contributed by atoms with van der Waals surface area (Å²) in [4.78, 5) is 12.7. The molecule has 9 heteroatoms. The number of hydrogen-bond donors (Lipinski definition) is 3. The summed E-state index contributed by atoms with van der Waals surface area (Å²) in [6.45, 7) is 2.44. The van der Waals surface area contributed by atoms with Crippen molar-refractivity contribution in [3.63, 3.8) is 0 Å². The molecule has 3 heterocycles. The molecule has 0 unspecified atom stereocenters. The summed E-state index contributed by atoms with van der Waals surface area (Å²) in [7, 11) is 0. The van der Waals surface area contributed by atoms with Gasteiger partial charge in [-0.15, -0.1) is 0 Å². The average Bonchev–Trinajstić information content (AvgIpc) is 3.08. The van der Waals surface area contributed by atoms with Crippen LogP contribution in [0.3, 0.4) is 0 Å². The van der Waals surface area contributed by atoms with Gasteiger partial charge in [-0.05, 0) is 24.8 Å². The van der Waals surface area contributed by atoms with Crippen molar-refractivity contribution < 1.29 is 4.74 Å². The van der Waals surface area contributed by atoms with Gasteiger partial charge in [-0.3, -0.25) is 5.43 Å². The van der Waals surface area contributed by atoms with Crippen LogP contribution in [0, 0.1) is 5.92 Å². The Balaban J connectivity index is 1.73. The lowest BCUT2D eigenvalue weighted by Crippen LogP contribution is -2.24. The molecule has 0 spiro atoms. The molecule has 1 aliphatic heterocycles. The summed E-state index contributed by atoms with van der Waals surface area (Å²) in [6, 6.07) is 1.80. The Kier molecular flexibility index (Phi) is 4.22. The Labute approximate surface area is 121 Å². The highest BCUT2D eigenvalue weighted by Gasteiger charge is 2.15. The number of nitrogens with one attached hydrogen (secondary N) is 2.